The Morgan fingerprint density at radius 1 is 1.48 bits per heavy atom. The molecule has 1 amide bonds. The van der Waals surface area contributed by atoms with Gasteiger partial charge >= 0.3 is 0 Å². The van der Waals surface area contributed by atoms with Crippen molar-refractivity contribution in [2.45, 2.75) is 42.6 Å². The summed E-state index contributed by atoms with van der Waals surface area (Å²) >= 11 is 2.61. The Bertz CT molecular complexity index is 1140. The largest absolute Gasteiger partial charge is 0.302 e. The van der Waals surface area contributed by atoms with E-state index in [9.17, 15) is 14.9 Å². The number of hydrogen-bond acceptors (Lipinski definition) is 8. The van der Waals surface area contributed by atoms with Crippen LogP contribution in [0.25, 0.3) is 11.3 Å². The van der Waals surface area contributed by atoms with Crippen LogP contribution in [0.1, 0.15) is 31.5 Å². The molecule has 1 aliphatic carbocycles. The van der Waals surface area contributed by atoms with Crippen molar-refractivity contribution in [3.05, 3.63) is 58.2 Å². The zero-order valence-electron chi connectivity index (χ0n) is 16.7. The topological polar surface area (TPSA) is 116 Å². The molecule has 2 heterocycles. The number of nitrogens with one attached hydrogen (secondary N) is 1. The van der Waals surface area contributed by atoms with Crippen LogP contribution in [0.3, 0.4) is 0 Å². The van der Waals surface area contributed by atoms with Gasteiger partial charge in [0.05, 0.1) is 15.9 Å². The van der Waals surface area contributed by atoms with Crippen molar-refractivity contribution in [3.63, 3.8) is 0 Å². The molecule has 1 saturated carbocycles. The van der Waals surface area contributed by atoms with Gasteiger partial charge < -0.3 is 9.88 Å². The number of thiazole rings is 1. The van der Waals surface area contributed by atoms with Crippen molar-refractivity contribution in [2.75, 3.05) is 5.32 Å². The van der Waals surface area contributed by atoms with Crippen LogP contribution in [0.2, 0.25) is 0 Å². The van der Waals surface area contributed by atoms with Gasteiger partial charge in [-0.05, 0) is 19.8 Å². The Morgan fingerprint density at radius 2 is 2.29 bits per heavy atom. The molecule has 1 atom stereocenters. The van der Waals surface area contributed by atoms with E-state index in [-0.39, 0.29) is 11.6 Å². The number of nitro benzene ring substituents is 1. The highest BCUT2D eigenvalue weighted by Crippen LogP contribution is 2.40. The highest BCUT2D eigenvalue weighted by Gasteiger charge is 2.31. The fourth-order valence-electron chi connectivity index (χ4n) is 2.99. The van der Waals surface area contributed by atoms with Gasteiger partial charge in [0.2, 0.25) is 5.91 Å². The second kappa shape index (κ2) is 8.98. The molecule has 0 bridgehead atoms. The van der Waals surface area contributed by atoms with Crippen molar-refractivity contribution < 1.29 is 9.72 Å². The molecule has 0 radical (unpaired) electrons. The molecule has 2 aromatic heterocycles. The third kappa shape index (κ3) is 4.83. The monoisotopic (exact) mass is 456 g/mol. The van der Waals surface area contributed by atoms with E-state index in [1.165, 1.54) is 35.2 Å². The summed E-state index contributed by atoms with van der Waals surface area (Å²) in [6.07, 6.45) is 4.04. The maximum Gasteiger partial charge on any atom is 0.270 e. The highest BCUT2D eigenvalue weighted by molar-refractivity contribution is 8.00. The third-order valence-corrected chi connectivity index (χ3v) is 6.58. The van der Waals surface area contributed by atoms with Crippen LogP contribution in [-0.2, 0) is 11.3 Å². The van der Waals surface area contributed by atoms with Crippen LogP contribution in [0.4, 0.5) is 10.8 Å². The van der Waals surface area contributed by atoms with Gasteiger partial charge in [-0.15, -0.1) is 28.1 Å². The Labute approximate surface area is 186 Å². The van der Waals surface area contributed by atoms with Gasteiger partial charge in [-0.25, -0.2) is 4.98 Å². The molecule has 1 fully saturated rings. The molecule has 160 valence electrons. The van der Waals surface area contributed by atoms with E-state index in [0.717, 1.165) is 18.7 Å². The molecule has 0 aliphatic heterocycles. The summed E-state index contributed by atoms with van der Waals surface area (Å²) in [4.78, 5) is 27.6. The Kier molecular flexibility index (Phi) is 6.14. The molecule has 1 unspecified atom stereocenters. The van der Waals surface area contributed by atoms with Crippen LogP contribution >= 0.6 is 23.1 Å². The number of nitrogens with zero attached hydrogens (tertiary/aromatic N) is 5. The van der Waals surface area contributed by atoms with Crippen molar-refractivity contribution >= 4 is 39.8 Å². The van der Waals surface area contributed by atoms with Crippen LogP contribution in [-0.4, -0.2) is 35.8 Å². The second-order valence-corrected chi connectivity index (χ2v) is 9.28. The maximum absolute atomic E-state index is 12.7. The standard InChI is InChI=1S/C20H20N6O3S2/c1-3-9-25-17(13-7-8-13)23-24-20(25)31-12(2)18(27)22-19-21-16(11-30-19)14-5-4-6-15(10-14)26(28)29/h3-6,10-13H,1,7-9H2,2H3,(H,21,22,27). The number of benzene rings is 1. The average Bonchev–Trinajstić information content (AvgIpc) is 3.37. The van der Waals surface area contributed by atoms with Crippen molar-refractivity contribution in [2.24, 2.45) is 0 Å². The first-order valence-electron chi connectivity index (χ1n) is 9.68. The molecule has 0 saturated heterocycles. The molecule has 9 nitrogen and oxygen atoms in total. The summed E-state index contributed by atoms with van der Waals surface area (Å²) in [6, 6.07) is 6.25. The van der Waals surface area contributed by atoms with E-state index in [4.69, 9.17) is 0 Å². The number of hydrogen-bond donors (Lipinski definition) is 1. The molecule has 1 aromatic carbocycles. The zero-order chi connectivity index (χ0) is 22.0. The van der Waals surface area contributed by atoms with E-state index in [1.54, 1.807) is 30.5 Å². The fraction of sp³-hybridized carbons (Fsp3) is 0.300. The van der Waals surface area contributed by atoms with Gasteiger partial charge in [-0.3, -0.25) is 14.9 Å². The predicted molar refractivity (Wildman–Crippen MR) is 120 cm³/mol. The van der Waals surface area contributed by atoms with E-state index < -0.39 is 10.2 Å². The molecular formula is C20H20N6O3S2. The summed E-state index contributed by atoms with van der Waals surface area (Å²) in [6.45, 7) is 6.21. The summed E-state index contributed by atoms with van der Waals surface area (Å²) in [7, 11) is 0. The Hall–Kier alpha value is -3.05. The van der Waals surface area contributed by atoms with Crippen LogP contribution in [0.5, 0.6) is 0 Å². The minimum Gasteiger partial charge on any atom is -0.302 e. The first-order valence-corrected chi connectivity index (χ1v) is 11.4. The molecular weight excluding hydrogens is 436 g/mol. The summed E-state index contributed by atoms with van der Waals surface area (Å²) in [5.41, 5.74) is 1.19. The van der Waals surface area contributed by atoms with Crippen LogP contribution in [0.15, 0.2) is 47.5 Å². The lowest BCUT2D eigenvalue weighted by Crippen LogP contribution is -2.23. The van der Waals surface area contributed by atoms with E-state index in [1.807, 2.05) is 4.57 Å². The highest BCUT2D eigenvalue weighted by atomic mass is 32.2. The third-order valence-electron chi connectivity index (χ3n) is 4.74. The molecule has 1 aliphatic rings. The molecule has 4 rings (SSSR count). The predicted octanol–water partition coefficient (Wildman–Crippen LogP) is 4.49. The molecule has 3 aromatic rings. The maximum atomic E-state index is 12.7. The van der Waals surface area contributed by atoms with Gasteiger partial charge in [-0.1, -0.05) is 30.0 Å². The number of rotatable bonds is 9. The van der Waals surface area contributed by atoms with Crippen molar-refractivity contribution in [1.82, 2.24) is 19.7 Å². The lowest BCUT2D eigenvalue weighted by atomic mass is 10.1. The smallest absolute Gasteiger partial charge is 0.270 e. The van der Waals surface area contributed by atoms with Crippen LogP contribution < -0.4 is 5.32 Å². The van der Waals surface area contributed by atoms with Gasteiger partial charge in [-0.2, -0.15) is 0 Å². The first kappa shape index (κ1) is 21.2. The van der Waals surface area contributed by atoms with E-state index >= 15 is 0 Å². The van der Waals surface area contributed by atoms with E-state index in [0.29, 0.717) is 34.0 Å². The fourth-order valence-corrected chi connectivity index (χ4v) is 4.58. The van der Waals surface area contributed by atoms with Gasteiger partial charge in [0.25, 0.3) is 5.69 Å². The number of amides is 1. The van der Waals surface area contributed by atoms with Gasteiger partial charge in [0, 0.05) is 35.5 Å². The number of carbonyl (C=O) groups excluding carboxylic acids is 1. The Morgan fingerprint density at radius 3 is 3.00 bits per heavy atom. The second-order valence-electron chi connectivity index (χ2n) is 7.11. The first-order chi connectivity index (χ1) is 15.0. The zero-order valence-corrected chi connectivity index (χ0v) is 18.4. The minimum absolute atomic E-state index is 0.00434. The summed E-state index contributed by atoms with van der Waals surface area (Å²) in [5, 5.41) is 24.9. The quantitative estimate of drug-likeness (QED) is 0.218. The Balaban J connectivity index is 1.43. The lowest BCUT2D eigenvalue weighted by molar-refractivity contribution is -0.384. The summed E-state index contributed by atoms with van der Waals surface area (Å²) < 4.78 is 2.02. The molecule has 0 spiro atoms. The minimum atomic E-state index is -0.447. The number of carbonyl (C=O) groups is 1. The molecule has 1 N–H and O–H groups in total. The number of thioether (sulfide) groups is 1. The lowest BCUT2D eigenvalue weighted by Gasteiger charge is -2.11. The molecule has 11 heteroatoms. The number of anilines is 1. The molecule has 31 heavy (non-hydrogen) atoms. The van der Waals surface area contributed by atoms with Crippen molar-refractivity contribution in [3.8, 4) is 11.3 Å². The van der Waals surface area contributed by atoms with Crippen LogP contribution in [0, 0.1) is 10.1 Å². The normalized spacial score (nSPS) is 14.2. The SMILES string of the molecule is C=CCn1c(SC(C)C(=O)Nc2nc(-c3cccc([N+](=O)[O-])c3)cs2)nnc1C1CC1. The summed E-state index contributed by atoms with van der Waals surface area (Å²) in [5.74, 6) is 1.20. The van der Waals surface area contributed by atoms with Gasteiger partial charge in [0.15, 0.2) is 10.3 Å². The number of aromatic nitrogens is 4. The number of non-ortho nitro benzene ring substituents is 1. The van der Waals surface area contributed by atoms with Gasteiger partial charge in [0.1, 0.15) is 5.82 Å². The van der Waals surface area contributed by atoms with E-state index in [2.05, 4.69) is 27.1 Å². The van der Waals surface area contributed by atoms with Crippen molar-refractivity contribution in [1.29, 1.82) is 0 Å². The number of nitro groups is 1. The average molecular weight is 457 g/mol. The number of allylic oxidation sites excluding steroid dienone is 1.